The zero-order chi connectivity index (χ0) is 23.1. The highest BCUT2D eigenvalue weighted by atomic mass is 79.9. The summed E-state index contributed by atoms with van der Waals surface area (Å²) in [5.41, 5.74) is 3.54. The van der Waals surface area contributed by atoms with Gasteiger partial charge in [0.15, 0.2) is 6.10 Å². The highest BCUT2D eigenvalue weighted by molar-refractivity contribution is 9.10. The summed E-state index contributed by atoms with van der Waals surface area (Å²) < 4.78 is 11.7. The molecule has 32 heavy (non-hydrogen) atoms. The van der Waals surface area contributed by atoms with Gasteiger partial charge in [-0.3, -0.25) is 4.79 Å². The summed E-state index contributed by atoms with van der Waals surface area (Å²) in [6.07, 6.45) is 0.631. The monoisotopic (exact) mass is 534 g/mol. The van der Waals surface area contributed by atoms with Crippen LogP contribution in [0.2, 0.25) is 10.0 Å². The molecular weight excluding hydrogens is 519 g/mol. The molecule has 0 aliphatic heterocycles. The molecule has 9 heteroatoms. The van der Waals surface area contributed by atoms with Crippen LogP contribution in [0.15, 0.2) is 76.3 Å². The maximum Gasteiger partial charge on any atom is 0.343 e. The fourth-order valence-corrected chi connectivity index (χ4v) is 3.17. The van der Waals surface area contributed by atoms with Crippen molar-refractivity contribution in [3.8, 4) is 11.5 Å². The third kappa shape index (κ3) is 6.82. The first-order chi connectivity index (χ1) is 15.3. The zero-order valence-electron chi connectivity index (χ0n) is 16.7. The first-order valence-corrected chi connectivity index (χ1v) is 10.9. The van der Waals surface area contributed by atoms with Crippen molar-refractivity contribution in [1.29, 1.82) is 0 Å². The number of nitrogens with one attached hydrogen (secondary N) is 1. The Kier molecular flexibility index (Phi) is 8.27. The molecule has 3 aromatic rings. The lowest BCUT2D eigenvalue weighted by atomic mass is 10.2. The van der Waals surface area contributed by atoms with E-state index >= 15 is 0 Å². The molecule has 0 unspecified atom stereocenters. The molecule has 0 spiro atoms. The molecule has 1 N–H and O–H groups in total. The van der Waals surface area contributed by atoms with E-state index in [0.29, 0.717) is 32.7 Å². The molecule has 3 rings (SSSR count). The Balaban J connectivity index is 1.51. The maximum atomic E-state index is 12.2. The third-order valence-electron chi connectivity index (χ3n) is 4.13. The predicted octanol–water partition coefficient (Wildman–Crippen LogP) is 5.89. The van der Waals surface area contributed by atoms with Gasteiger partial charge in [-0.05, 0) is 79.2 Å². The molecule has 3 aromatic carbocycles. The normalized spacial score (nSPS) is 11.8. The van der Waals surface area contributed by atoms with E-state index in [4.69, 9.17) is 32.7 Å². The first-order valence-electron chi connectivity index (χ1n) is 9.34. The number of benzene rings is 3. The number of nitrogens with zero attached hydrogens (tertiary/aromatic N) is 1. The van der Waals surface area contributed by atoms with Gasteiger partial charge in [-0.1, -0.05) is 39.1 Å². The van der Waals surface area contributed by atoms with Gasteiger partial charge in [-0.25, -0.2) is 10.2 Å². The van der Waals surface area contributed by atoms with Gasteiger partial charge in [-0.15, -0.1) is 0 Å². The number of hydrogen-bond donors (Lipinski definition) is 1. The van der Waals surface area contributed by atoms with Crippen LogP contribution in [0.5, 0.6) is 11.5 Å². The van der Waals surface area contributed by atoms with Crippen molar-refractivity contribution in [3.05, 3.63) is 92.4 Å². The summed E-state index contributed by atoms with van der Waals surface area (Å²) >= 11 is 15.2. The van der Waals surface area contributed by atoms with Gasteiger partial charge < -0.3 is 9.47 Å². The Morgan fingerprint density at radius 3 is 2.38 bits per heavy atom. The standard InChI is InChI=1S/C23H17BrCl2N2O4/c1-14(31-21-11-8-18(25)12-20(21)26)22(29)28-27-13-15-2-9-19(10-3-15)32-23(30)16-4-6-17(24)7-5-16/h2-14H,1H3,(H,28,29)/b27-13-/t14-/m1/s1. The first kappa shape index (κ1) is 23.8. The summed E-state index contributed by atoms with van der Waals surface area (Å²) in [6, 6.07) is 18.3. The zero-order valence-corrected chi connectivity index (χ0v) is 19.8. The molecule has 0 aliphatic carbocycles. The molecule has 0 aliphatic rings. The van der Waals surface area contributed by atoms with Crippen LogP contribution in [0.4, 0.5) is 0 Å². The summed E-state index contributed by atoms with van der Waals surface area (Å²) in [5, 5.41) is 4.69. The van der Waals surface area contributed by atoms with E-state index in [2.05, 4.69) is 26.5 Å². The molecule has 6 nitrogen and oxygen atoms in total. The number of halogens is 3. The van der Waals surface area contributed by atoms with Crippen LogP contribution in [0.3, 0.4) is 0 Å². The number of ether oxygens (including phenoxy) is 2. The largest absolute Gasteiger partial charge is 0.479 e. The molecule has 0 bridgehead atoms. The summed E-state index contributed by atoms with van der Waals surface area (Å²) in [4.78, 5) is 24.3. The summed E-state index contributed by atoms with van der Waals surface area (Å²) in [7, 11) is 0. The van der Waals surface area contributed by atoms with Crippen LogP contribution in [0, 0.1) is 0 Å². The Hall–Kier alpha value is -2.87. The lowest BCUT2D eigenvalue weighted by molar-refractivity contribution is -0.127. The van der Waals surface area contributed by atoms with Crippen molar-refractivity contribution in [2.24, 2.45) is 5.10 Å². The second kappa shape index (κ2) is 11.1. The number of carbonyl (C=O) groups excluding carboxylic acids is 2. The fraction of sp³-hybridized carbons (Fsp3) is 0.0870. The molecule has 1 amide bonds. The average Bonchev–Trinajstić information content (AvgIpc) is 2.77. The average molecular weight is 536 g/mol. The highest BCUT2D eigenvalue weighted by Gasteiger charge is 2.15. The number of hydrazone groups is 1. The van der Waals surface area contributed by atoms with Gasteiger partial charge in [0.05, 0.1) is 16.8 Å². The molecule has 0 saturated heterocycles. The molecule has 0 saturated carbocycles. The van der Waals surface area contributed by atoms with E-state index < -0.39 is 18.0 Å². The predicted molar refractivity (Wildman–Crippen MR) is 128 cm³/mol. The highest BCUT2D eigenvalue weighted by Crippen LogP contribution is 2.28. The van der Waals surface area contributed by atoms with Gasteiger partial charge in [0.2, 0.25) is 0 Å². The fourth-order valence-electron chi connectivity index (χ4n) is 2.45. The molecule has 0 heterocycles. The van der Waals surface area contributed by atoms with Gasteiger partial charge >= 0.3 is 5.97 Å². The second-order valence-electron chi connectivity index (χ2n) is 6.53. The van der Waals surface area contributed by atoms with E-state index in [1.165, 1.54) is 12.3 Å². The van der Waals surface area contributed by atoms with Crippen LogP contribution in [-0.4, -0.2) is 24.2 Å². The van der Waals surface area contributed by atoms with Crippen LogP contribution >= 0.6 is 39.1 Å². The van der Waals surface area contributed by atoms with Crippen molar-refractivity contribution < 1.29 is 19.1 Å². The summed E-state index contributed by atoms with van der Waals surface area (Å²) in [5.74, 6) is -0.176. The Bertz CT molecular complexity index is 1140. The van der Waals surface area contributed by atoms with Gasteiger partial charge in [-0.2, -0.15) is 5.10 Å². The molecule has 1 atom stereocenters. The SMILES string of the molecule is C[C@@H](Oc1ccc(Cl)cc1Cl)C(=O)N/N=C\c1ccc(OC(=O)c2ccc(Br)cc2)cc1. The van der Waals surface area contributed by atoms with Crippen molar-refractivity contribution >= 4 is 57.2 Å². The van der Waals surface area contributed by atoms with Crippen molar-refractivity contribution in [2.45, 2.75) is 13.0 Å². The Morgan fingerprint density at radius 1 is 1.03 bits per heavy atom. The molecule has 0 fully saturated rings. The van der Waals surface area contributed by atoms with E-state index in [1.54, 1.807) is 67.6 Å². The van der Waals surface area contributed by atoms with Gasteiger partial charge in [0, 0.05) is 9.50 Å². The van der Waals surface area contributed by atoms with E-state index in [0.717, 1.165) is 4.47 Å². The summed E-state index contributed by atoms with van der Waals surface area (Å²) in [6.45, 7) is 1.57. The lowest BCUT2D eigenvalue weighted by Gasteiger charge is -2.14. The Morgan fingerprint density at radius 2 is 1.72 bits per heavy atom. The number of hydrogen-bond acceptors (Lipinski definition) is 5. The third-order valence-corrected chi connectivity index (χ3v) is 5.18. The molecule has 164 valence electrons. The molecule has 0 aromatic heterocycles. The van der Waals surface area contributed by atoms with E-state index in [1.807, 2.05) is 0 Å². The van der Waals surface area contributed by atoms with Crippen LogP contribution in [-0.2, 0) is 4.79 Å². The maximum absolute atomic E-state index is 12.2. The van der Waals surface area contributed by atoms with Crippen molar-refractivity contribution in [1.82, 2.24) is 5.43 Å². The molecular formula is C23H17BrCl2N2O4. The van der Waals surface area contributed by atoms with E-state index in [-0.39, 0.29) is 0 Å². The van der Waals surface area contributed by atoms with Crippen molar-refractivity contribution in [3.63, 3.8) is 0 Å². The van der Waals surface area contributed by atoms with Crippen LogP contribution in [0.1, 0.15) is 22.8 Å². The molecule has 0 radical (unpaired) electrons. The number of carbonyl (C=O) groups is 2. The number of rotatable bonds is 7. The Labute approximate surface area is 203 Å². The van der Waals surface area contributed by atoms with Crippen LogP contribution < -0.4 is 14.9 Å². The lowest BCUT2D eigenvalue weighted by Crippen LogP contribution is -2.33. The van der Waals surface area contributed by atoms with E-state index in [9.17, 15) is 9.59 Å². The second-order valence-corrected chi connectivity index (χ2v) is 8.29. The number of esters is 1. The topological polar surface area (TPSA) is 77.0 Å². The van der Waals surface area contributed by atoms with Gasteiger partial charge in [0.25, 0.3) is 5.91 Å². The van der Waals surface area contributed by atoms with Crippen LogP contribution in [0.25, 0.3) is 0 Å². The smallest absolute Gasteiger partial charge is 0.343 e. The minimum absolute atomic E-state index is 0.307. The minimum atomic E-state index is -0.828. The van der Waals surface area contributed by atoms with Crippen molar-refractivity contribution in [2.75, 3.05) is 0 Å². The quantitative estimate of drug-likeness (QED) is 0.177. The minimum Gasteiger partial charge on any atom is -0.479 e. The van der Waals surface area contributed by atoms with Gasteiger partial charge in [0.1, 0.15) is 11.5 Å². The number of amides is 1.